The van der Waals surface area contributed by atoms with Crippen LogP contribution in [0.3, 0.4) is 0 Å². The van der Waals surface area contributed by atoms with Gasteiger partial charge in [-0.05, 0) is 43.3 Å². The number of hydrogen-bond donors (Lipinski definition) is 1. The third kappa shape index (κ3) is 3.16. The second kappa shape index (κ2) is 7.12. The van der Waals surface area contributed by atoms with E-state index in [4.69, 9.17) is 26.5 Å². The molecule has 0 fully saturated rings. The van der Waals surface area contributed by atoms with Gasteiger partial charge in [-0.1, -0.05) is 23.2 Å². The van der Waals surface area contributed by atoms with Gasteiger partial charge in [-0.3, -0.25) is 9.59 Å². The lowest BCUT2D eigenvalue weighted by atomic mass is 9.85. The molecule has 6 nitrogen and oxygen atoms in total. The molecule has 2 heterocycles. The number of benzene rings is 2. The molecule has 1 aliphatic heterocycles. The Kier molecular flexibility index (Phi) is 4.61. The van der Waals surface area contributed by atoms with E-state index in [0.717, 1.165) is 5.56 Å². The normalized spacial score (nSPS) is 18.5. The minimum Gasteiger partial charge on any atom is -0.469 e. The minimum atomic E-state index is -1.06. The van der Waals surface area contributed by atoms with Crippen molar-refractivity contribution in [2.75, 3.05) is 0 Å². The number of ketones is 1. The molecule has 7 heteroatoms. The van der Waals surface area contributed by atoms with Crippen LogP contribution in [-0.4, -0.2) is 5.78 Å². The Morgan fingerprint density at radius 3 is 2.62 bits per heavy atom. The van der Waals surface area contributed by atoms with Gasteiger partial charge in [0.1, 0.15) is 35.5 Å². The van der Waals surface area contributed by atoms with Gasteiger partial charge in [0.15, 0.2) is 17.1 Å². The van der Waals surface area contributed by atoms with E-state index in [-0.39, 0.29) is 22.4 Å². The highest BCUT2D eigenvalue weighted by molar-refractivity contribution is 6.30. The highest BCUT2D eigenvalue weighted by atomic mass is 35.5. The van der Waals surface area contributed by atoms with E-state index in [9.17, 15) is 14.9 Å². The summed E-state index contributed by atoms with van der Waals surface area (Å²) in [6.45, 7) is 1.86. The zero-order valence-electron chi connectivity index (χ0n) is 15.3. The smallest absolute Gasteiger partial charge is 0.199 e. The van der Waals surface area contributed by atoms with Gasteiger partial charge in [-0.15, -0.1) is 0 Å². The number of halogens is 1. The molecular formula is C22H15ClN2O4. The SMILES string of the molecule is Cc1ccc2occ([C@H]3OC(N)=C(C#N)[C@H]3C(=O)c3ccc(Cl)cc3)c(=O)c2c1. The van der Waals surface area contributed by atoms with Gasteiger partial charge in [-0.2, -0.15) is 5.26 Å². The van der Waals surface area contributed by atoms with Crippen molar-refractivity contribution in [3.63, 3.8) is 0 Å². The number of nitriles is 1. The van der Waals surface area contributed by atoms with E-state index in [2.05, 4.69) is 0 Å². The van der Waals surface area contributed by atoms with Crippen LogP contribution in [0.4, 0.5) is 0 Å². The van der Waals surface area contributed by atoms with Crippen molar-refractivity contribution in [3.05, 3.63) is 92.1 Å². The molecule has 0 saturated carbocycles. The first-order valence-corrected chi connectivity index (χ1v) is 9.16. The molecular weight excluding hydrogens is 392 g/mol. The van der Waals surface area contributed by atoms with E-state index in [1.165, 1.54) is 6.26 Å². The van der Waals surface area contributed by atoms with Crippen LogP contribution in [-0.2, 0) is 4.74 Å². The summed E-state index contributed by atoms with van der Waals surface area (Å²) in [4.78, 5) is 26.3. The third-order valence-electron chi connectivity index (χ3n) is 4.93. The number of nitrogens with zero attached hydrogens (tertiary/aromatic N) is 1. The maximum absolute atomic E-state index is 13.2. The Hall–Kier alpha value is -3.56. The molecule has 29 heavy (non-hydrogen) atoms. The van der Waals surface area contributed by atoms with Crippen LogP contribution in [0.2, 0.25) is 5.02 Å². The molecule has 4 rings (SSSR count). The predicted octanol–water partition coefficient (Wildman–Crippen LogP) is 4.02. The second-order valence-electron chi connectivity index (χ2n) is 6.80. The quantitative estimate of drug-likeness (QED) is 0.658. The van der Waals surface area contributed by atoms with Crippen LogP contribution < -0.4 is 11.2 Å². The van der Waals surface area contributed by atoms with E-state index in [0.29, 0.717) is 21.6 Å². The van der Waals surface area contributed by atoms with Gasteiger partial charge in [0, 0.05) is 10.6 Å². The molecule has 0 unspecified atom stereocenters. The molecule has 0 bridgehead atoms. The fraction of sp³-hybridized carbons (Fsp3) is 0.136. The second-order valence-corrected chi connectivity index (χ2v) is 7.23. The summed E-state index contributed by atoms with van der Waals surface area (Å²) in [7, 11) is 0. The number of Topliss-reactive ketones (excluding diaryl/α,β-unsaturated/α-hetero) is 1. The molecule has 144 valence electrons. The van der Waals surface area contributed by atoms with Crippen molar-refractivity contribution in [3.8, 4) is 6.07 Å². The lowest BCUT2D eigenvalue weighted by Gasteiger charge is -2.18. The van der Waals surface area contributed by atoms with Crippen LogP contribution in [0.5, 0.6) is 0 Å². The number of carbonyl (C=O) groups excluding carboxylic acids is 1. The van der Waals surface area contributed by atoms with Crippen molar-refractivity contribution in [1.82, 2.24) is 0 Å². The molecule has 2 N–H and O–H groups in total. The Morgan fingerprint density at radius 1 is 1.21 bits per heavy atom. The summed E-state index contributed by atoms with van der Waals surface area (Å²) in [6, 6.07) is 13.4. The van der Waals surface area contributed by atoms with Crippen LogP contribution in [0.1, 0.15) is 27.6 Å². The Labute approximate surface area is 170 Å². The molecule has 0 spiro atoms. The van der Waals surface area contributed by atoms with E-state index < -0.39 is 17.8 Å². The first-order chi connectivity index (χ1) is 13.9. The third-order valence-corrected chi connectivity index (χ3v) is 5.18. The molecule has 2 aromatic carbocycles. The molecule has 1 aliphatic rings. The Bertz CT molecular complexity index is 1270. The monoisotopic (exact) mass is 406 g/mol. The van der Waals surface area contributed by atoms with Crippen molar-refractivity contribution in [2.45, 2.75) is 13.0 Å². The maximum Gasteiger partial charge on any atom is 0.199 e. The lowest BCUT2D eigenvalue weighted by Crippen LogP contribution is -2.25. The molecule has 0 aliphatic carbocycles. The molecule has 3 aromatic rings. The molecule has 1 aromatic heterocycles. The summed E-state index contributed by atoms with van der Waals surface area (Å²) in [6.07, 6.45) is 0.203. The number of carbonyl (C=O) groups is 1. The van der Waals surface area contributed by atoms with Crippen LogP contribution >= 0.6 is 11.6 Å². The lowest BCUT2D eigenvalue weighted by molar-refractivity contribution is 0.0742. The average Bonchev–Trinajstić information content (AvgIpc) is 3.04. The fourth-order valence-electron chi connectivity index (χ4n) is 3.46. The highest BCUT2D eigenvalue weighted by Crippen LogP contribution is 2.40. The van der Waals surface area contributed by atoms with Crippen LogP contribution in [0.25, 0.3) is 11.0 Å². The number of ether oxygens (including phenoxy) is 1. The number of rotatable bonds is 3. The Morgan fingerprint density at radius 2 is 1.93 bits per heavy atom. The first kappa shape index (κ1) is 18.8. The molecule has 0 radical (unpaired) electrons. The molecule has 0 saturated heterocycles. The number of aryl methyl sites for hydroxylation is 1. The van der Waals surface area contributed by atoms with Gasteiger partial charge in [-0.25, -0.2) is 0 Å². The van der Waals surface area contributed by atoms with E-state index >= 15 is 0 Å². The fourth-order valence-corrected chi connectivity index (χ4v) is 3.59. The zero-order chi connectivity index (χ0) is 20.7. The van der Waals surface area contributed by atoms with E-state index in [1.807, 2.05) is 19.1 Å². The number of nitrogens with two attached hydrogens (primary N) is 1. The topological polar surface area (TPSA) is 106 Å². The van der Waals surface area contributed by atoms with E-state index in [1.54, 1.807) is 36.4 Å². The minimum absolute atomic E-state index is 0.0151. The highest BCUT2D eigenvalue weighted by Gasteiger charge is 2.44. The van der Waals surface area contributed by atoms with Gasteiger partial charge in [0.05, 0.1) is 10.9 Å². The van der Waals surface area contributed by atoms with Crippen LogP contribution in [0.15, 0.2) is 69.4 Å². The van der Waals surface area contributed by atoms with Crippen molar-refractivity contribution in [1.29, 1.82) is 5.26 Å². The summed E-state index contributed by atoms with van der Waals surface area (Å²) >= 11 is 5.90. The number of hydrogen-bond acceptors (Lipinski definition) is 6. The van der Waals surface area contributed by atoms with Crippen molar-refractivity contribution >= 4 is 28.4 Å². The molecule has 0 amide bonds. The number of fused-ring (bicyclic) bond motifs is 1. The zero-order valence-corrected chi connectivity index (χ0v) is 16.1. The predicted molar refractivity (Wildman–Crippen MR) is 107 cm³/mol. The van der Waals surface area contributed by atoms with Crippen molar-refractivity contribution < 1.29 is 13.9 Å². The first-order valence-electron chi connectivity index (χ1n) is 8.79. The summed E-state index contributed by atoms with van der Waals surface area (Å²) in [5.41, 5.74) is 7.28. The van der Waals surface area contributed by atoms with Gasteiger partial charge in [0.25, 0.3) is 0 Å². The van der Waals surface area contributed by atoms with Gasteiger partial charge < -0.3 is 14.9 Å². The Balaban J connectivity index is 1.85. The average molecular weight is 407 g/mol. The largest absolute Gasteiger partial charge is 0.469 e. The maximum atomic E-state index is 13.2. The summed E-state index contributed by atoms with van der Waals surface area (Å²) in [5, 5.41) is 10.4. The summed E-state index contributed by atoms with van der Waals surface area (Å²) in [5.74, 6) is -1.63. The van der Waals surface area contributed by atoms with Gasteiger partial charge >= 0.3 is 0 Å². The van der Waals surface area contributed by atoms with Gasteiger partial charge in [0.2, 0.25) is 0 Å². The molecule has 2 atom stereocenters. The van der Waals surface area contributed by atoms with Crippen molar-refractivity contribution in [2.24, 2.45) is 11.7 Å². The summed E-state index contributed by atoms with van der Waals surface area (Å²) < 4.78 is 11.2. The van der Waals surface area contributed by atoms with Crippen LogP contribution in [0, 0.1) is 24.2 Å². The standard InChI is InChI=1S/C22H15ClN2O4/c1-11-2-7-17-14(8-11)20(27)16(10-28-17)21-18(15(9-24)22(25)29-21)19(26)12-3-5-13(23)6-4-12/h2-8,10,18,21H,25H2,1H3/t18-,21+/m0/s1.